The second kappa shape index (κ2) is 11.4. The topological polar surface area (TPSA) is 114 Å². The van der Waals surface area contributed by atoms with E-state index >= 15 is 0 Å². The number of carbonyl (C=O) groups is 3. The lowest BCUT2D eigenvalue weighted by Gasteiger charge is -2.20. The Balaban J connectivity index is 1.32. The molecule has 2 aromatic rings. The lowest BCUT2D eigenvalue weighted by molar-refractivity contribution is -0.141. The smallest absolute Gasteiger partial charge is 0.407 e. The Kier molecular flexibility index (Phi) is 8.02. The SMILES string of the molecule is CCCC[C@H](NC(=O)OCC1c2ccccc2-c2ccccc21)C(=O)NC[C@H]1C[C@@H](C(=O)O)CO1. The molecule has 3 N–H and O–H groups in total. The van der Waals surface area contributed by atoms with E-state index in [1.165, 1.54) is 0 Å². The number of benzene rings is 2. The number of amides is 2. The van der Waals surface area contributed by atoms with Gasteiger partial charge in [-0.05, 0) is 35.1 Å². The molecule has 0 bridgehead atoms. The Labute approximate surface area is 205 Å². The third-order valence-electron chi connectivity index (χ3n) is 6.73. The van der Waals surface area contributed by atoms with Crippen molar-refractivity contribution in [3.8, 4) is 11.1 Å². The Bertz CT molecular complexity index is 1030. The molecule has 2 aromatic carbocycles. The third-order valence-corrected chi connectivity index (χ3v) is 6.73. The summed E-state index contributed by atoms with van der Waals surface area (Å²) >= 11 is 0. The summed E-state index contributed by atoms with van der Waals surface area (Å²) < 4.78 is 11.1. The van der Waals surface area contributed by atoms with Crippen molar-refractivity contribution in [2.45, 2.75) is 50.7 Å². The summed E-state index contributed by atoms with van der Waals surface area (Å²) in [4.78, 5) is 36.6. The van der Waals surface area contributed by atoms with E-state index in [2.05, 4.69) is 34.9 Å². The van der Waals surface area contributed by atoms with E-state index < -0.39 is 24.0 Å². The molecule has 0 unspecified atom stereocenters. The van der Waals surface area contributed by atoms with E-state index in [4.69, 9.17) is 14.6 Å². The molecule has 1 heterocycles. The molecule has 8 nitrogen and oxygen atoms in total. The number of nitrogens with one attached hydrogen (secondary N) is 2. The number of hydrogen-bond donors (Lipinski definition) is 3. The van der Waals surface area contributed by atoms with Gasteiger partial charge < -0.3 is 25.2 Å². The number of rotatable bonds is 10. The molecule has 186 valence electrons. The first kappa shape index (κ1) is 24.7. The van der Waals surface area contributed by atoms with Gasteiger partial charge in [0.25, 0.3) is 0 Å². The van der Waals surface area contributed by atoms with Crippen LogP contribution in [0.1, 0.15) is 49.7 Å². The van der Waals surface area contributed by atoms with Crippen LogP contribution in [0.25, 0.3) is 11.1 Å². The quantitative estimate of drug-likeness (QED) is 0.478. The molecule has 4 rings (SSSR count). The fourth-order valence-electron chi connectivity index (χ4n) is 4.82. The molecule has 35 heavy (non-hydrogen) atoms. The van der Waals surface area contributed by atoms with Crippen molar-refractivity contribution in [2.24, 2.45) is 5.92 Å². The fourth-order valence-corrected chi connectivity index (χ4v) is 4.82. The summed E-state index contributed by atoms with van der Waals surface area (Å²) in [6.07, 6.45) is 1.50. The fraction of sp³-hybridized carbons (Fsp3) is 0.444. The number of aliphatic carboxylic acids is 1. The van der Waals surface area contributed by atoms with Gasteiger partial charge in [0, 0.05) is 12.5 Å². The molecule has 0 spiro atoms. The number of carboxylic acids is 1. The Hall–Kier alpha value is -3.39. The Morgan fingerprint density at radius 2 is 1.74 bits per heavy atom. The molecule has 1 fully saturated rings. The van der Waals surface area contributed by atoms with Crippen LogP contribution in [0.5, 0.6) is 0 Å². The van der Waals surface area contributed by atoms with Crippen LogP contribution >= 0.6 is 0 Å². The maximum Gasteiger partial charge on any atom is 0.407 e. The minimum atomic E-state index is -0.892. The van der Waals surface area contributed by atoms with Crippen LogP contribution in [0.2, 0.25) is 0 Å². The van der Waals surface area contributed by atoms with Gasteiger partial charge in [-0.3, -0.25) is 9.59 Å². The number of hydrogen-bond acceptors (Lipinski definition) is 5. The van der Waals surface area contributed by atoms with E-state index in [0.29, 0.717) is 12.8 Å². The minimum absolute atomic E-state index is 0.0576. The summed E-state index contributed by atoms with van der Waals surface area (Å²) in [5, 5.41) is 14.6. The van der Waals surface area contributed by atoms with Gasteiger partial charge in [0.1, 0.15) is 12.6 Å². The van der Waals surface area contributed by atoms with Crippen LogP contribution < -0.4 is 10.6 Å². The highest BCUT2D eigenvalue weighted by Crippen LogP contribution is 2.44. The molecule has 2 aliphatic rings. The molecule has 0 saturated carbocycles. The molecular formula is C27H32N2O6. The van der Waals surface area contributed by atoms with Crippen molar-refractivity contribution in [1.29, 1.82) is 0 Å². The van der Waals surface area contributed by atoms with E-state index in [9.17, 15) is 14.4 Å². The maximum atomic E-state index is 12.8. The lowest BCUT2D eigenvalue weighted by Crippen LogP contribution is -2.48. The zero-order chi connectivity index (χ0) is 24.8. The van der Waals surface area contributed by atoms with Crippen LogP contribution in [-0.2, 0) is 19.1 Å². The van der Waals surface area contributed by atoms with Crippen LogP contribution in [0.15, 0.2) is 48.5 Å². The molecule has 0 aromatic heterocycles. The first-order valence-electron chi connectivity index (χ1n) is 12.2. The van der Waals surface area contributed by atoms with Crippen molar-refractivity contribution < 1.29 is 29.0 Å². The van der Waals surface area contributed by atoms with Gasteiger partial charge in [-0.15, -0.1) is 0 Å². The zero-order valence-corrected chi connectivity index (χ0v) is 19.9. The summed E-state index contributed by atoms with van der Waals surface area (Å²) in [6, 6.07) is 15.5. The van der Waals surface area contributed by atoms with Crippen LogP contribution in [0, 0.1) is 5.92 Å². The van der Waals surface area contributed by atoms with Crippen LogP contribution in [0.3, 0.4) is 0 Å². The number of carboxylic acid groups (broad SMARTS) is 1. The van der Waals surface area contributed by atoms with E-state index in [0.717, 1.165) is 35.1 Å². The molecular weight excluding hydrogens is 448 g/mol. The standard InChI is InChI=1S/C27H32N2O6/c1-2-3-12-24(25(30)28-14-18-13-17(15-34-18)26(31)32)29-27(33)35-16-23-21-10-6-4-8-19(21)20-9-5-7-11-22(20)23/h4-11,17-18,23-24H,2-3,12-16H2,1H3,(H,28,30)(H,29,33)(H,31,32)/t17-,18-,24+/m1/s1. The van der Waals surface area contributed by atoms with Gasteiger partial charge in [-0.25, -0.2) is 4.79 Å². The highest BCUT2D eigenvalue weighted by atomic mass is 16.5. The van der Waals surface area contributed by atoms with Crippen molar-refractivity contribution >= 4 is 18.0 Å². The first-order chi connectivity index (χ1) is 17.0. The van der Waals surface area contributed by atoms with Crippen molar-refractivity contribution in [3.63, 3.8) is 0 Å². The predicted octanol–water partition coefficient (Wildman–Crippen LogP) is 3.69. The average molecular weight is 481 g/mol. The van der Waals surface area contributed by atoms with Gasteiger partial charge in [0.2, 0.25) is 5.91 Å². The first-order valence-corrected chi connectivity index (χ1v) is 12.2. The highest BCUT2D eigenvalue weighted by molar-refractivity contribution is 5.85. The number of carbonyl (C=O) groups excluding carboxylic acids is 2. The second-order valence-electron chi connectivity index (χ2n) is 9.14. The molecule has 3 atom stereocenters. The monoisotopic (exact) mass is 480 g/mol. The summed E-state index contributed by atoms with van der Waals surface area (Å²) in [6.45, 7) is 2.54. The maximum absolute atomic E-state index is 12.8. The summed E-state index contributed by atoms with van der Waals surface area (Å²) in [5.74, 6) is -1.82. The van der Waals surface area contributed by atoms with E-state index in [1.807, 2.05) is 31.2 Å². The van der Waals surface area contributed by atoms with Crippen molar-refractivity contribution in [2.75, 3.05) is 19.8 Å². The van der Waals surface area contributed by atoms with Crippen LogP contribution in [0.4, 0.5) is 4.79 Å². The molecule has 1 aliphatic carbocycles. The van der Waals surface area contributed by atoms with Crippen molar-refractivity contribution in [3.05, 3.63) is 59.7 Å². The number of alkyl carbamates (subject to hydrolysis) is 1. The van der Waals surface area contributed by atoms with E-state index in [-0.39, 0.29) is 37.7 Å². The molecule has 1 saturated heterocycles. The van der Waals surface area contributed by atoms with Crippen LogP contribution in [-0.4, -0.2) is 55.0 Å². The zero-order valence-electron chi connectivity index (χ0n) is 19.9. The second-order valence-corrected chi connectivity index (χ2v) is 9.14. The average Bonchev–Trinajstić information content (AvgIpc) is 3.47. The Morgan fingerprint density at radius 3 is 2.34 bits per heavy atom. The number of unbranched alkanes of at least 4 members (excludes halogenated alkanes) is 1. The normalized spacial score (nSPS) is 19.5. The summed E-state index contributed by atoms with van der Waals surface area (Å²) in [5.41, 5.74) is 4.55. The van der Waals surface area contributed by atoms with Gasteiger partial charge in [-0.2, -0.15) is 0 Å². The molecule has 0 radical (unpaired) electrons. The molecule has 1 aliphatic heterocycles. The van der Waals surface area contributed by atoms with Crippen molar-refractivity contribution in [1.82, 2.24) is 10.6 Å². The number of fused-ring (bicyclic) bond motifs is 3. The van der Waals surface area contributed by atoms with Gasteiger partial charge in [0.15, 0.2) is 0 Å². The third kappa shape index (κ3) is 5.82. The summed E-state index contributed by atoms with van der Waals surface area (Å²) in [7, 11) is 0. The molecule has 2 amide bonds. The highest BCUT2D eigenvalue weighted by Gasteiger charge is 2.32. The predicted molar refractivity (Wildman–Crippen MR) is 130 cm³/mol. The minimum Gasteiger partial charge on any atom is -0.481 e. The Morgan fingerprint density at radius 1 is 1.09 bits per heavy atom. The largest absolute Gasteiger partial charge is 0.481 e. The van der Waals surface area contributed by atoms with Gasteiger partial charge in [-0.1, -0.05) is 68.3 Å². The van der Waals surface area contributed by atoms with Gasteiger partial charge >= 0.3 is 12.1 Å². The lowest BCUT2D eigenvalue weighted by atomic mass is 9.98. The van der Waals surface area contributed by atoms with Gasteiger partial charge in [0.05, 0.1) is 18.6 Å². The number of ether oxygens (including phenoxy) is 2. The van der Waals surface area contributed by atoms with E-state index in [1.54, 1.807) is 0 Å². The molecule has 8 heteroatoms.